The van der Waals surface area contributed by atoms with Crippen LogP contribution in [0.25, 0.3) is 0 Å². The van der Waals surface area contributed by atoms with Gasteiger partial charge in [0, 0.05) is 4.47 Å². The van der Waals surface area contributed by atoms with Crippen LogP contribution in [0.1, 0.15) is 41.4 Å². The van der Waals surface area contributed by atoms with Crippen LogP contribution >= 0.6 is 71.0 Å². The Bertz CT molecular complexity index is 1090. The zero-order chi connectivity index (χ0) is 22.3. The van der Waals surface area contributed by atoms with Crippen LogP contribution in [-0.4, -0.2) is 39.7 Å². The molecular formula is C18H7Br3Cl2N2O5. The van der Waals surface area contributed by atoms with E-state index in [4.69, 9.17) is 23.2 Å². The predicted octanol–water partition coefficient (Wildman–Crippen LogP) is 4.97. The first-order valence-electron chi connectivity index (χ1n) is 7.91. The molecule has 0 spiro atoms. The van der Waals surface area contributed by atoms with Gasteiger partial charge in [0.05, 0.1) is 36.9 Å². The molecule has 1 aliphatic rings. The Morgan fingerprint density at radius 2 is 1.27 bits per heavy atom. The molecule has 154 valence electrons. The molecule has 30 heavy (non-hydrogen) atoms. The first-order valence-corrected chi connectivity index (χ1v) is 11.0. The molecule has 0 atom stereocenters. The Labute approximate surface area is 204 Å². The van der Waals surface area contributed by atoms with Crippen LogP contribution in [-0.2, 0) is 4.79 Å². The number of nitrogens with one attached hydrogen (secondary N) is 1. The smallest absolute Gasteiger partial charge is 0.262 e. The van der Waals surface area contributed by atoms with Crippen molar-refractivity contribution < 1.29 is 24.0 Å². The normalized spacial score (nSPS) is 12.8. The van der Waals surface area contributed by atoms with E-state index in [1.54, 1.807) is 12.1 Å². The third-order valence-corrected chi connectivity index (χ3v) is 6.91. The number of carbonyl (C=O) groups excluding carboxylic acids is 5. The molecule has 0 saturated heterocycles. The number of hydrogen-bond donors (Lipinski definition) is 1. The minimum Gasteiger partial charge on any atom is -0.323 e. The van der Waals surface area contributed by atoms with Gasteiger partial charge in [-0.15, -0.1) is 0 Å². The van der Waals surface area contributed by atoms with Crippen molar-refractivity contribution in [2.24, 2.45) is 0 Å². The molecule has 0 saturated carbocycles. The van der Waals surface area contributed by atoms with Crippen LogP contribution in [0.3, 0.4) is 0 Å². The van der Waals surface area contributed by atoms with Crippen LogP contribution in [0, 0.1) is 0 Å². The van der Waals surface area contributed by atoms with Gasteiger partial charge >= 0.3 is 0 Å². The molecule has 0 fully saturated rings. The van der Waals surface area contributed by atoms with E-state index in [2.05, 4.69) is 53.1 Å². The number of benzene rings is 2. The quantitative estimate of drug-likeness (QED) is 0.367. The SMILES string of the molecule is O=C(CN1C(=O)c2ccccc2C1=O)Nc1c(Br)c(C(=O)Cl)c(Br)c(C(=O)Cl)c1Br. The molecule has 3 rings (SSSR count). The number of fused-ring (bicyclic) bond motifs is 1. The number of nitrogens with zero attached hydrogens (tertiary/aromatic N) is 1. The van der Waals surface area contributed by atoms with Crippen LogP contribution in [0.15, 0.2) is 37.7 Å². The molecule has 0 aliphatic carbocycles. The summed E-state index contributed by atoms with van der Waals surface area (Å²) in [6.07, 6.45) is 0. The molecule has 0 aromatic heterocycles. The van der Waals surface area contributed by atoms with Gasteiger partial charge in [0.25, 0.3) is 22.3 Å². The molecule has 2 aromatic rings. The zero-order valence-corrected chi connectivity index (χ0v) is 20.7. The van der Waals surface area contributed by atoms with Crippen molar-refractivity contribution in [3.8, 4) is 0 Å². The van der Waals surface area contributed by atoms with E-state index in [-0.39, 0.29) is 41.4 Å². The largest absolute Gasteiger partial charge is 0.323 e. The zero-order valence-electron chi connectivity index (χ0n) is 14.4. The third kappa shape index (κ3) is 3.99. The van der Waals surface area contributed by atoms with E-state index >= 15 is 0 Å². The fraction of sp³-hybridized carbons (Fsp3) is 0.0556. The second kappa shape index (κ2) is 8.88. The lowest BCUT2D eigenvalue weighted by Crippen LogP contribution is -2.37. The van der Waals surface area contributed by atoms with E-state index in [1.807, 2.05) is 0 Å². The van der Waals surface area contributed by atoms with Gasteiger partial charge in [0.2, 0.25) is 5.91 Å². The molecule has 1 N–H and O–H groups in total. The molecule has 3 amide bonds. The van der Waals surface area contributed by atoms with E-state index in [1.165, 1.54) is 12.1 Å². The van der Waals surface area contributed by atoms with Crippen LogP contribution < -0.4 is 5.32 Å². The summed E-state index contributed by atoms with van der Waals surface area (Å²) in [5.41, 5.74) is 0.102. The first kappa shape index (κ1) is 23.1. The number of anilines is 1. The lowest BCUT2D eigenvalue weighted by Gasteiger charge is -2.18. The van der Waals surface area contributed by atoms with Crippen molar-refractivity contribution in [2.75, 3.05) is 11.9 Å². The molecular weight excluding hydrogens is 635 g/mol. The van der Waals surface area contributed by atoms with Crippen molar-refractivity contribution >= 4 is 105 Å². The number of halogens is 5. The van der Waals surface area contributed by atoms with Crippen LogP contribution in [0.4, 0.5) is 5.69 Å². The second-order valence-corrected chi connectivity index (χ2v) is 8.97. The Morgan fingerprint density at radius 3 is 1.67 bits per heavy atom. The topological polar surface area (TPSA) is 101 Å². The summed E-state index contributed by atoms with van der Waals surface area (Å²) in [6.45, 7) is -0.588. The monoisotopic (exact) mass is 638 g/mol. The summed E-state index contributed by atoms with van der Waals surface area (Å²) < 4.78 is 0.164. The molecule has 12 heteroatoms. The molecule has 1 heterocycles. The Balaban J connectivity index is 1.95. The van der Waals surface area contributed by atoms with Crippen molar-refractivity contribution in [1.82, 2.24) is 4.90 Å². The highest BCUT2D eigenvalue weighted by Gasteiger charge is 2.36. The maximum Gasteiger partial charge on any atom is 0.262 e. The molecule has 7 nitrogen and oxygen atoms in total. The molecule has 1 aliphatic heterocycles. The minimum atomic E-state index is -0.920. The van der Waals surface area contributed by atoms with Crippen molar-refractivity contribution in [3.05, 3.63) is 59.9 Å². The maximum atomic E-state index is 12.6. The van der Waals surface area contributed by atoms with Crippen molar-refractivity contribution in [3.63, 3.8) is 0 Å². The Kier molecular flexibility index (Phi) is 6.83. The van der Waals surface area contributed by atoms with Gasteiger partial charge in [-0.1, -0.05) is 12.1 Å². The third-order valence-electron chi connectivity index (χ3n) is 4.15. The first-order chi connectivity index (χ1) is 14.1. The Hall–Kier alpha value is -1.59. The summed E-state index contributed by atoms with van der Waals surface area (Å²) >= 11 is 20.7. The van der Waals surface area contributed by atoms with Crippen molar-refractivity contribution in [1.29, 1.82) is 0 Å². The van der Waals surface area contributed by atoms with Crippen LogP contribution in [0.2, 0.25) is 0 Å². The lowest BCUT2D eigenvalue weighted by molar-refractivity contribution is -0.116. The highest BCUT2D eigenvalue weighted by atomic mass is 79.9. The summed E-state index contributed by atoms with van der Waals surface area (Å²) in [5, 5.41) is 0.629. The predicted molar refractivity (Wildman–Crippen MR) is 120 cm³/mol. The van der Waals surface area contributed by atoms with Gasteiger partial charge in [-0.25, -0.2) is 0 Å². The molecule has 0 bridgehead atoms. The summed E-state index contributed by atoms with van der Waals surface area (Å²) in [5.74, 6) is -1.96. The van der Waals surface area contributed by atoms with Gasteiger partial charge in [-0.2, -0.15) is 0 Å². The van der Waals surface area contributed by atoms with Gasteiger partial charge < -0.3 is 5.32 Å². The summed E-state index contributed by atoms with van der Waals surface area (Å²) in [4.78, 5) is 61.9. The number of imide groups is 1. The van der Waals surface area contributed by atoms with E-state index < -0.39 is 34.8 Å². The number of hydrogen-bond acceptors (Lipinski definition) is 5. The fourth-order valence-electron chi connectivity index (χ4n) is 2.82. The molecule has 2 aromatic carbocycles. The van der Waals surface area contributed by atoms with Crippen molar-refractivity contribution in [2.45, 2.75) is 0 Å². The van der Waals surface area contributed by atoms with Crippen LogP contribution in [0.5, 0.6) is 0 Å². The highest BCUT2D eigenvalue weighted by Crippen LogP contribution is 2.43. The van der Waals surface area contributed by atoms with Gasteiger partial charge in [0.1, 0.15) is 6.54 Å². The second-order valence-electron chi connectivity index (χ2n) is 5.90. The average Bonchev–Trinajstić information content (AvgIpc) is 2.90. The minimum absolute atomic E-state index is 0.0205. The fourth-order valence-corrected chi connectivity index (χ4v) is 6.56. The Morgan fingerprint density at radius 1 is 0.833 bits per heavy atom. The van der Waals surface area contributed by atoms with E-state index in [0.717, 1.165) is 4.90 Å². The van der Waals surface area contributed by atoms with Gasteiger partial charge in [-0.3, -0.25) is 28.9 Å². The number of amides is 3. The highest BCUT2D eigenvalue weighted by molar-refractivity contribution is 9.11. The standard InChI is InChI=1S/C18H7Br3Cl2N2O5/c19-11-9(15(22)27)12(20)14(13(21)10(11)16(23)28)24-8(26)5-25-17(29)6-3-1-2-4-7(6)18(25)30/h1-4H,5H2,(H,24,26). The summed E-state index contributed by atoms with van der Waals surface area (Å²) in [7, 11) is 0. The van der Waals surface area contributed by atoms with E-state index in [0.29, 0.717) is 0 Å². The average molecular weight is 642 g/mol. The van der Waals surface area contributed by atoms with Gasteiger partial charge in [-0.05, 0) is 83.1 Å². The molecule has 0 radical (unpaired) electrons. The van der Waals surface area contributed by atoms with Gasteiger partial charge in [0.15, 0.2) is 0 Å². The summed E-state index contributed by atoms with van der Waals surface area (Å²) in [6, 6.07) is 6.20. The van der Waals surface area contributed by atoms with E-state index in [9.17, 15) is 24.0 Å². The number of carbonyl (C=O) groups is 5. The maximum absolute atomic E-state index is 12.6. The lowest BCUT2D eigenvalue weighted by atomic mass is 10.1. The number of rotatable bonds is 5. The molecule has 0 unspecified atom stereocenters.